The van der Waals surface area contributed by atoms with Crippen LogP contribution in [-0.2, 0) is 6.61 Å². The summed E-state index contributed by atoms with van der Waals surface area (Å²) in [4.78, 5) is 15.4. The number of aromatic carboxylic acids is 1. The highest BCUT2D eigenvalue weighted by Crippen LogP contribution is 2.23. The van der Waals surface area contributed by atoms with E-state index in [2.05, 4.69) is 4.98 Å². The second-order valence-electron chi connectivity index (χ2n) is 4.38. The van der Waals surface area contributed by atoms with E-state index in [-0.39, 0.29) is 4.88 Å². The molecule has 5 heteroatoms. The first-order valence-electron chi connectivity index (χ1n) is 5.87. The lowest BCUT2D eigenvalue weighted by molar-refractivity contribution is 0.0701. The zero-order chi connectivity index (χ0) is 14.0. The zero-order valence-corrected chi connectivity index (χ0v) is 11.9. The summed E-state index contributed by atoms with van der Waals surface area (Å²) in [5.41, 5.74) is 2.78. The lowest BCUT2D eigenvalue weighted by Crippen LogP contribution is -1.96. The van der Waals surface area contributed by atoms with Gasteiger partial charge in [-0.3, -0.25) is 0 Å². The summed E-state index contributed by atoms with van der Waals surface area (Å²) in [6.45, 7) is 6.00. The zero-order valence-electron chi connectivity index (χ0n) is 11.1. The predicted molar refractivity (Wildman–Crippen MR) is 74.1 cm³/mol. The van der Waals surface area contributed by atoms with Gasteiger partial charge in [0.1, 0.15) is 22.2 Å². The van der Waals surface area contributed by atoms with Gasteiger partial charge in [-0.15, -0.1) is 11.3 Å². The largest absolute Gasteiger partial charge is 0.486 e. The molecule has 0 aliphatic heterocycles. The number of aromatic nitrogens is 1. The van der Waals surface area contributed by atoms with Crippen molar-refractivity contribution >= 4 is 17.3 Å². The molecule has 0 saturated carbocycles. The average molecular weight is 277 g/mol. The van der Waals surface area contributed by atoms with Gasteiger partial charge < -0.3 is 9.84 Å². The Kier molecular flexibility index (Phi) is 3.85. The first-order chi connectivity index (χ1) is 8.97. The fraction of sp³-hybridized carbons (Fsp3) is 0.286. The predicted octanol–water partition coefficient (Wildman–Crippen LogP) is 3.35. The first-order valence-corrected chi connectivity index (χ1v) is 6.68. The van der Waals surface area contributed by atoms with E-state index in [9.17, 15) is 4.79 Å². The maximum absolute atomic E-state index is 10.9. The molecule has 0 bridgehead atoms. The number of nitrogens with zero attached hydrogens (tertiary/aromatic N) is 1. The number of aryl methyl sites for hydroxylation is 3. The topological polar surface area (TPSA) is 59.4 Å². The molecule has 0 atom stereocenters. The third-order valence-electron chi connectivity index (χ3n) is 2.72. The molecule has 19 heavy (non-hydrogen) atoms. The molecule has 0 aliphatic carbocycles. The molecule has 100 valence electrons. The molecule has 1 aromatic carbocycles. The summed E-state index contributed by atoms with van der Waals surface area (Å²) in [6.07, 6.45) is 0. The SMILES string of the molecule is Cc1ccc(OCc2nc(C)c(C(=O)O)s2)c(C)c1. The summed E-state index contributed by atoms with van der Waals surface area (Å²) in [6, 6.07) is 5.95. The third kappa shape index (κ3) is 3.12. The van der Waals surface area contributed by atoms with Gasteiger partial charge in [-0.05, 0) is 32.4 Å². The molecule has 4 nitrogen and oxygen atoms in total. The number of ether oxygens (including phenoxy) is 1. The van der Waals surface area contributed by atoms with Crippen molar-refractivity contribution in [2.24, 2.45) is 0 Å². The maximum atomic E-state index is 10.9. The van der Waals surface area contributed by atoms with E-state index in [4.69, 9.17) is 9.84 Å². The van der Waals surface area contributed by atoms with Crippen LogP contribution < -0.4 is 4.74 Å². The van der Waals surface area contributed by atoms with Crippen molar-refractivity contribution in [3.05, 3.63) is 44.9 Å². The van der Waals surface area contributed by atoms with Crippen LogP contribution in [0.15, 0.2) is 18.2 Å². The molecule has 0 unspecified atom stereocenters. The fourth-order valence-corrected chi connectivity index (χ4v) is 2.63. The third-order valence-corrected chi connectivity index (χ3v) is 3.84. The molecular weight excluding hydrogens is 262 g/mol. The number of rotatable bonds is 4. The Morgan fingerprint density at radius 2 is 2.11 bits per heavy atom. The Morgan fingerprint density at radius 1 is 1.37 bits per heavy atom. The van der Waals surface area contributed by atoms with Crippen LogP contribution in [0, 0.1) is 20.8 Å². The molecule has 0 aliphatic rings. The van der Waals surface area contributed by atoms with Crippen LogP contribution in [0.1, 0.15) is 31.5 Å². The average Bonchev–Trinajstić information content (AvgIpc) is 2.69. The van der Waals surface area contributed by atoms with Crippen LogP contribution in [0.25, 0.3) is 0 Å². The van der Waals surface area contributed by atoms with E-state index in [1.807, 2.05) is 32.0 Å². The second-order valence-corrected chi connectivity index (χ2v) is 5.47. The van der Waals surface area contributed by atoms with Gasteiger partial charge in [0.25, 0.3) is 0 Å². The van der Waals surface area contributed by atoms with Gasteiger partial charge in [-0.2, -0.15) is 0 Å². The molecule has 0 radical (unpaired) electrons. The number of carboxylic acids is 1. The molecule has 0 spiro atoms. The van der Waals surface area contributed by atoms with Crippen molar-refractivity contribution < 1.29 is 14.6 Å². The quantitative estimate of drug-likeness (QED) is 0.931. The van der Waals surface area contributed by atoms with Crippen LogP contribution in [-0.4, -0.2) is 16.1 Å². The first kappa shape index (κ1) is 13.5. The number of hydrogen-bond donors (Lipinski definition) is 1. The summed E-state index contributed by atoms with van der Waals surface area (Å²) in [5, 5.41) is 9.64. The van der Waals surface area contributed by atoms with E-state index < -0.39 is 5.97 Å². The van der Waals surface area contributed by atoms with Crippen molar-refractivity contribution in [3.63, 3.8) is 0 Å². The smallest absolute Gasteiger partial charge is 0.347 e. The summed E-state index contributed by atoms with van der Waals surface area (Å²) in [5.74, 6) is -0.136. The van der Waals surface area contributed by atoms with Crippen LogP contribution in [0.5, 0.6) is 5.75 Å². The van der Waals surface area contributed by atoms with Crippen LogP contribution in [0.3, 0.4) is 0 Å². The van der Waals surface area contributed by atoms with Crippen LogP contribution >= 0.6 is 11.3 Å². The summed E-state index contributed by atoms with van der Waals surface area (Å²) < 4.78 is 5.68. The van der Waals surface area contributed by atoms with Gasteiger partial charge in [0, 0.05) is 0 Å². The van der Waals surface area contributed by atoms with Crippen molar-refractivity contribution in [2.45, 2.75) is 27.4 Å². The lowest BCUT2D eigenvalue weighted by Gasteiger charge is -2.07. The van der Waals surface area contributed by atoms with Gasteiger partial charge >= 0.3 is 5.97 Å². The second kappa shape index (κ2) is 5.40. The van der Waals surface area contributed by atoms with E-state index in [0.29, 0.717) is 17.3 Å². The Labute approximate surface area is 115 Å². The Balaban J connectivity index is 2.10. The molecule has 1 aromatic heterocycles. The van der Waals surface area contributed by atoms with Gasteiger partial charge in [-0.25, -0.2) is 9.78 Å². The Hall–Kier alpha value is -1.88. The van der Waals surface area contributed by atoms with Crippen LogP contribution in [0.2, 0.25) is 0 Å². The Morgan fingerprint density at radius 3 is 2.68 bits per heavy atom. The molecule has 1 N–H and O–H groups in total. The molecule has 0 saturated heterocycles. The highest BCUT2D eigenvalue weighted by molar-refractivity contribution is 7.13. The van der Waals surface area contributed by atoms with Gasteiger partial charge in [0.2, 0.25) is 0 Å². The number of carbonyl (C=O) groups is 1. The van der Waals surface area contributed by atoms with Crippen molar-refractivity contribution in [1.82, 2.24) is 4.98 Å². The van der Waals surface area contributed by atoms with Gasteiger partial charge in [-0.1, -0.05) is 17.7 Å². The van der Waals surface area contributed by atoms with Gasteiger partial charge in [0.15, 0.2) is 0 Å². The molecule has 2 rings (SSSR count). The fourth-order valence-electron chi connectivity index (χ4n) is 1.81. The molecule has 1 heterocycles. The molecule has 2 aromatic rings. The number of benzene rings is 1. The van der Waals surface area contributed by atoms with Crippen molar-refractivity contribution in [2.75, 3.05) is 0 Å². The number of hydrogen-bond acceptors (Lipinski definition) is 4. The Bertz CT molecular complexity index is 619. The molecule has 0 fully saturated rings. The molecule has 0 amide bonds. The normalized spacial score (nSPS) is 10.5. The monoisotopic (exact) mass is 277 g/mol. The summed E-state index contributed by atoms with van der Waals surface area (Å²) >= 11 is 1.16. The van der Waals surface area contributed by atoms with E-state index in [1.165, 1.54) is 5.56 Å². The minimum Gasteiger partial charge on any atom is -0.486 e. The minimum atomic E-state index is -0.937. The van der Waals surface area contributed by atoms with Crippen molar-refractivity contribution in [1.29, 1.82) is 0 Å². The molecular formula is C14H15NO3S. The lowest BCUT2D eigenvalue weighted by atomic mass is 10.1. The summed E-state index contributed by atoms with van der Waals surface area (Å²) in [7, 11) is 0. The maximum Gasteiger partial charge on any atom is 0.347 e. The highest BCUT2D eigenvalue weighted by Gasteiger charge is 2.14. The van der Waals surface area contributed by atoms with E-state index in [0.717, 1.165) is 22.6 Å². The van der Waals surface area contributed by atoms with E-state index >= 15 is 0 Å². The van der Waals surface area contributed by atoms with Crippen LogP contribution in [0.4, 0.5) is 0 Å². The standard InChI is InChI=1S/C14H15NO3S/c1-8-4-5-11(9(2)6-8)18-7-12-15-10(3)13(19-12)14(16)17/h4-6H,7H2,1-3H3,(H,16,17). The number of carboxylic acid groups (broad SMARTS) is 1. The minimum absolute atomic E-state index is 0.277. The highest BCUT2D eigenvalue weighted by atomic mass is 32.1. The van der Waals surface area contributed by atoms with E-state index in [1.54, 1.807) is 6.92 Å². The number of thiazole rings is 1. The van der Waals surface area contributed by atoms with Gasteiger partial charge in [0.05, 0.1) is 5.69 Å². The van der Waals surface area contributed by atoms with Crippen molar-refractivity contribution in [3.8, 4) is 5.75 Å².